The molecule has 3 heteroatoms. The summed E-state index contributed by atoms with van der Waals surface area (Å²) in [6, 6.07) is 0. The van der Waals surface area contributed by atoms with Gasteiger partial charge in [0.2, 0.25) is 8.32 Å². The fourth-order valence-corrected chi connectivity index (χ4v) is 3.80. The predicted octanol–water partition coefficient (Wildman–Crippen LogP) is 2.81. The zero-order valence-corrected chi connectivity index (χ0v) is 10.4. The molecule has 0 bridgehead atoms. The van der Waals surface area contributed by atoms with Crippen LogP contribution in [0.15, 0.2) is 12.3 Å². The molecule has 1 nitrogen and oxygen atoms in total. The van der Waals surface area contributed by atoms with Gasteiger partial charge in [-0.3, -0.25) is 0 Å². The second-order valence-electron chi connectivity index (χ2n) is 4.66. The van der Waals surface area contributed by atoms with Crippen LogP contribution in [0.3, 0.4) is 0 Å². The Morgan fingerprint density at radius 1 is 1.18 bits per heavy atom. The third-order valence-electron chi connectivity index (χ3n) is 1.37. The molecular formula is C8H20OSi2. The monoisotopic (exact) mass is 188 g/mol. The lowest BCUT2D eigenvalue weighted by Gasteiger charge is -2.24. The van der Waals surface area contributed by atoms with Crippen molar-refractivity contribution in [2.75, 3.05) is 6.23 Å². The molecule has 0 unspecified atom stereocenters. The average Bonchev–Trinajstić information content (AvgIpc) is 1.83. The zero-order chi connectivity index (χ0) is 9.12. The topological polar surface area (TPSA) is 9.23 Å². The molecule has 0 aromatic rings. The van der Waals surface area contributed by atoms with E-state index in [9.17, 15) is 0 Å². The molecule has 0 saturated heterocycles. The van der Waals surface area contributed by atoms with Gasteiger partial charge in [0.15, 0.2) is 0 Å². The molecule has 0 spiro atoms. The van der Waals surface area contributed by atoms with E-state index in [4.69, 9.17) is 4.43 Å². The summed E-state index contributed by atoms with van der Waals surface area (Å²) in [6.07, 6.45) is 0.970. The predicted molar refractivity (Wildman–Crippen MR) is 57.0 cm³/mol. The average molecular weight is 188 g/mol. The molecule has 0 heterocycles. The van der Waals surface area contributed by atoms with Crippen molar-refractivity contribution in [1.82, 2.24) is 0 Å². The van der Waals surface area contributed by atoms with Crippen molar-refractivity contribution >= 4 is 16.4 Å². The second kappa shape index (κ2) is 3.69. The van der Waals surface area contributed by atoms with Gasteiger partial charge >= 0.3 is 0 Å². The number of hydrogen-bond acceptors (Lipinski definition) is 1. The first kappa shape index (κ1) is 11.1. The highest BCUT2D eigenvalue weighted by molar-refractivity contribution is 6.79. The van der Waals surface area contributed by atoms with Crippen LogP contribution < -0.4 is 0 Å². The standard InChI is InChI=1S/C8H20OSi2/c1-7-11(5,6)9-8-10(2,3)4/h7H,1,8H2,2-6H3. The van der Waals surface area contributed by atoms with Crippen molar-refractivity contribution in [2.24, 2.45) is 0 Å². The summed E-state index contributed by atoms with van der Waals surface area (Å²) in [4.78, 5) is 0. The van der Waals surface area contributed by atoms with E-state index >= 15 is 0 Å². The van der Waals surface area contributed by atoms with E-state index in [-0.39, 0.29) is 0 Å². The van der Waals surface area contributed by atoms with E-state index in [1.807, 2.05) is 5.70 Å². The Balaban J connectivity index is 3.79. The Labute approximate surface area is 72.6 Å². The summed E-state index contributed by atoms with van der Waals surface area (Å²) in [7, 11) is -2.51. The summed E-state index contributed by atoms with van der Waals surface area (Å²) in [5, 5.41) is 0. The maximum absolute atomic E-state index is 5.83. The summed E-state index contributed by atoms with van der Waals surface area (Å²) in [5.74, 6) is 0. The third-order valence-corrected chi connectivity index (χ3v) is 4.54. The van der Waals surface area contributed by atoms with E-state index < -0.39 is 16.4 Å². The van der Waals surface area contributed by atoms with Crippen molar-refractivity contribution < 1.29 is 4.43 Å². The minimum Gasteiger partial charge on any atom is -0.417 e. The van der Waals surface area contributed by atoms with Gasteiger partial charge in [-0.25, -0.2) is 0 Å². The molecular weight excluding hydrogens is 168 g/mol. The van der Waals surface area contributed by atoms with Crippen LogP contribution in [0, 0.1) is 0 Å². The van der Waals surface area contributed by atoms with Crippen molar-refractivity contribution in [3.8, 4) is 0 Å². The van der Waals surface area contributed by atoms with E-state index in [2.05, 4.69) is 39.3 Å². The summed E-state index contributed by atoms with van der Waals surface area (Å²) >= 11 is 0. The Kier molecular flexibility index (Phi) is 3.74. The molecule has 0 aliphatic carbocycles. The molecule has 0 atom stereocenters. The minimum atomic E-state index is -1.49. The lowest BCUT2D eigenvalue weighted by atomic mass is 11.3. The van der Waals surface area contributed by atoms with Gasteiger partial charge in [0.1, 0.15) is 0 Å². The van der Waals surface area contributed by atoms with Crippen molar-refractivity contribution in [1.29, 1.82) is 0 Å². The first-order valence-electron chi connectivity index (χ1n) is 4.04. The first-order chi connectivity index (χ1) is 4.77. The smallest absolute Gasteiger partial charge is 0.209 e. The first-order valence-corrected chi connectivity index (χ1v) is 10.7. The number of rotatable bonds is 4. The molecule has 0 aromatic carbocycles. The van der Waals surface area contributed by atoms with E-state index in [0.29, 0.717) is 0 Å². The van der Waals surface area contributed by atoms with Crippen LogP contribution in [-0.4, -0.2) is 22.6 Å². The van der Waals surface area contributed by atoms with E-state index in [1.54, 1.807) is 0 Å². The molecule has 0 N–H and O–H groups in total. The van der Waals surface area contributed by atoms with Crippen LogP contribution in [-0.2, 0) is 4.43 Å². The van der Waals surface area contributed by atoms with Gasteiger partial charge in [-0.1, -0.05) is 25.3 Å². The molecule has 0 rings (SSSR count). The van der Waals surface area contributed by atoms with Crippen molar-refractivity contribution in [3.63, 3.8) is 0 Å². The quantitative estimate of drug-likeness (QED) is 0.617. The fourth-order valence-electron chi connectivity index (χ4n) is 0.461. The largest absolute Gasteiger partial charge is 0.417 e. The van der Waals surface area contributed by atoms with Crippen LogP contribution in [0.1, 0.15) is 0 Å². The van der Waals surface area contributed by atoms with Gasteiger partial charge in [0.05, 0.1) is 8.07 Å². The SMILES string of the molecule is C=C[Si](C)(C)OC[Si](C)(C)C. The van der Waals surface area contributed by atoms with Gasteiger partial charge in [-0.2, -0.15) is 0 Å². The van der Waals surface area contributed by atoms with Gasteiger partial charge in [0, 0.05) is 6.23 Å². The van der Waals surface area contributed by atoms with Crippen LogP contribution in [0.2, 0.25) is 32.7 Å². The zero-order valence-electron chi connectivity index (χ0n) is 8.40. The second-order valence-corrected chi connectivity index (χ2v) is 14.0. The van der Waals surface area contributed by atoms with Crippen LogP contribution in [0.25, 0.3) is 0 Å². The van der Waals surface area contributed by atoms with E-state index in [1.165, 1.54) is 0 Å². The molecule has 0 aliphatic rings. The molecule has 0 aromatic heterocycles. The third kappa shape index (κ3) is 6.53. The maximum atomic E-state index is 5.83. The Bertz CT molecular complexity index is 136. The van der Waals surface area contributed by atoms with Crippen molar-refractivity contribution in [3.05, 3.63) is 12.3 Å². The Morgan fingerprint density at radius 3 is 1.91 bits per heavy atom. The molecule has 0 aliphatic heterocycles. The molecule has 0 radical (unpaired) electrons. The Morgan fingerprint density at radius 2 is 1.64 bits per heavy atom. The molecule has 66 valence electrons. The lowest BCUT2D eigenvalue weighted by Crippen LogP contribution is -2.37. The molecule has 0 amide bonds. The summed E-state index contributed by atoms with van der Waals surface area (Å²) in [6.45, 7) is 15.1. The van der Waals surface area contributed by atoms with Gasteiger partial charge in [0.25, 0.3) is 0 Å². The fraction of sp³-hybridized carbons (Fsp3) is 0.750. The van der Waals surface area contributed by atoms with Gasteiger partial charge in [-0.05, 0) is 13.1 Å². The lowest BCUT2D eigenvalue weighted by molar-refractivity contribution is 0.377. The number of hydrogen-bond donors (Lipinski definition) is 0. The normalized spacial score (nSPS) is 13.2. The van der Waals surface area contributed by atoms with E-state index in [0.717, 1.165) is 6.23 Å². The highest BCUT2D eigenvalue weighted by Crippen LogP contribution is 2.09. The molecule has 0 fully saturated rings. The maximum Gasteiger partial charge on any atom is 0.209 e. The molecule has 0 saturated carbocycles. The summed E-state index contributed by atoms with van der Waals surface area (Å²) in [5.41, 5.74) is 1.99. The van der Waals surface area contributed by atoms with Crippen LogP contribution in [0.4, 0.5) is 0 Å². The highest BCUT2D eigenvalue weighted by Gasteiger charge is 2.22. The highest BCUT2D eigenvalue weighted by atomic mass is 28.4. The van der Waals surface area contributed by atoms with Crippen LogP contribution in [0.5, 0.6) is 0 Å². The van der Waals surface area contributed by atoms with Crippen LogP contribution >= 0.6 is 0 Å². The summed E-state index contributed by atoms with van der Waals surface area (Å²) < 4.78 is 5.83. The Hall–Kier alpha value is 0.134. The van der Waals surface area contributed by atoms with Crippen molar-refractivity contribution in [2.45, 2.75) is 32.7 Å². The van der Waals surface area contributed by atoms with Gasteiger partial charge < -0.3 is 4.43 Å². The minimum absolute atomic E-state index is 0.970. The van der Waals surface area contributed by atoms with Gasteiger partial charge in [-0.15, -0.1) is 6.58 Å². The molecule has 11 heavy (non-hydrogen) atoms.